The summed E-state index contributed by atoms with van der Waals surface area (Å²) in [6.45, 7) is 2.80. The average Bonchev–Trinajstić information content (AvgIpc) is 2.88. The highest BCUT2D eigenvalue weighted by atomic mass is 19.1. The second-order valence-electron chi connectivity index (χ2n) is 4.85. The zero-order chi connectivity index (χ0) is 14.1. The molecule has 20 heavy (non-hydrogen) atoms. The van der Waals surface area contributed by atoms with E-state index in [1.165, 1.54) is 6.07 Å². The van der Waals surface area contributed by atoms with Gasteiger partial charge in [-0.1, -0.05) is 6.07 Å². The summed E-state index contributed by atoms with van der Waals surface area (Å²) < 4.78 is 15.2. The van der Waals surface area contributed by atoms with Crippen LogP contribution in [0.2, 0.25) is 0 Å². The molecule has 0 spiro atoms. The number of rotatable bonds is 3. The van der Waals surface area contributed by atoms with E-state index in [9.17, 15) is 9.18 Å². The molecular weight excluding hydrogens is 261 g/mol. The van der Waals surface area contributed by atoms with Crippen molar-refractivity contribution >= 4 is 5.97 Å². The van der Waals surface area contributed by atoms with Gasteiger partial charge in [0.15, 0.2) is 0 Å². The molecule has 0 saturated heterocycles. The lowest BCUT2D eigenvalue weighted by Crippen LogP contribution is -2.33. The summed E-state index contributed by atoms with van der Waals surface area (Å²) in [5.41, 5.74) is 0.651. The third kappa shape index (κ3) is 2.42. The molecule has 6 heteroatoms. The SMILES string of the molecule is O=C(O)c1cc(F)ccc1CN1CCn2ccnc2C1. The van der Waals surface area contributed by atoms with Crippen molar-refractivity contribution in [1.82, 2.24) is 14.5 Å². The van der Waals surface area contributed by atoms with E-state index < -0.39 is 11.8 Å². The molecule has 0 unspecified atom stereocenters. The molecule has 5 nitrogen and oxygen atoms in total. The maximum Gasteiger partial charge on any atom is 0.336 e. The van der Waals surface area contributed by atoms with E-state index >= 15 is 0 Å². The van der Waals surface area contributed by atoms with Gasteiger partial charge < -0.3 is 9.67 Å². The summed E-state index contributed by atoms with van der Waals surface area (Å²) in [4.78, 5) is 17.5. The van der Waals surface area contributed by atoms with Crippen LogP contribution in [-0.4, -0.2) is 32.1 Å². The molecule has 0 saturated carbocycles. The lowest BCUT2D eigenvalue weighted by Gasteiger charge is -2.27. The lowest BCUT2D eigenvalue weighted by atomic mass is 10.1. The number of fused-ring (bicyclic) bond motifs is 1. The van der Waals surface area contributed by atoms with Gasteiger partial charge in [0.05, 0.1) is 12.1 Å². The Kier molecular flexibility index (Phi) is 3.23. The van der Waals surface area contributed by atoms with Crippen molar-refractivity contribution in [2.45, 2.75) is 19.6 Å². The minimum atomic E-state index is -1.10. The van der Waals surface area contributed by atoms with Crippen LogP contribution in [0.4, 0.5) is 4.39 Å². The molecule has 2 aromatic rings. The average molecular weight is 275 g/mol. The summed E-state index contributed by atoms with van der Waals surface area (Å²) in [7, 11) is 0. The highest BCUT2D eigenvalue weighted by Gasteiger charge is 2.19. The summed E-state index contributed by atoms with van der Waals surface area (Å²) in [6.07, 6.45) is 3.70. The number of halogens is 1. The van der Waals surface area contributed by atoms with Crippen molar-refractivity contribution in [2.24, 2.45) is 0 Å². The Morgan fingerprint density at radius 3 is 3.05 bits per heavy atom. The van der Waals surface area contributed by atoms with Crippen molar-refractivity contribution in [1.29, 1.82) is 0 Å². The highest BCUT2D eigenvalue weighted by molar-refractivity contribution is 5.89. The fourth-order valence-corrected chi connectivity index (χ4v) is 2.49. The molecule has 104 valence electrons. The van der Waals surface area contributed by atoms with Crippen molar-refractivity contribution in [3.63, 3.8) is 0 Å². The molecule has 0 radical (unpaired) electrons. The molecule has 1 aromatic carbocycles. The first-order valence-electron chi connectivity index (χ1n) is 6.37. The second-order valence-corrected chi connectivity index (χ2v) is 4.85. The van der Waals surface area contributed by atoms with Crippen molar-refractivity contribution in [3.8, 4) is 0 Å². The first-order valence-corrected chi connectivity index (χ1v) is 6.37. The fourth-order valence-electron chi connectivity index (χ4n) is 2.49. The van der Waals surface area contributed by atoms with Crippen LogP contribution in [0.5, 0.6) is 0 Å². The Morgan fingerprint density at radius 2 is 2.25 bits per heavy atom. The van der Waals surface area contributed by atoms with Gasteiger partial charge in [-0.25, -0.2) is 14.2 Å². The van der Waals surface area contributed by atoms with E-state index in [1.54, 1.807) is 12.3 Å². The molecule has 3 rings (SSSR count). The predicted octanol–water partition coefficient (Wildman–Crippen LogP) is 1.74. The number of nitrogens with zero attached hydrogens (tertiary/aromatic N) is 3. The number of hydrogen-bond donors (Lipinski definition) is 1. The Morgan fingerprint density at radius 1 is 1.40 bits per heavy atom. The third-order valence-corrected chi connectivity index (χ3v) is 3.52. The highest BCUT2D eigenvalue weighted by Crippen LogP contribution is 2.17. The number of hydrogen-bond acceptors (Lipinski definition) is 3. The largest absolute Gasteiger partial charge is 0.478 e. The van der Waals surface area contributed by atoms with Gasteiger partial charge in [0.2, 0.25) is 0 Å². The third-order valence-electron chi connectivity index (χ3n) is 3.52. The van der Waals surface area contributed by atoms with Crippen LogP contribution in [-0.2, 0) is 19.6 Å². The van der Waals surface area contributed by atoms with Crippen LogP contribution in [0, 0.1) is 5.82 Å². The topological polar surface area (TPSA) is 58.4 Å². The van der Waals surface area contributed by atoms with Crippen molar-refractivity contribution < 1.29 is 14.3 Å². The van der Waals surface area contributed by atoms with E-state index in [1.807, 2.05) is 6.20 Å². The number of carboxylic acid groups (broad SMARTS) is 1. The second kappa shape index (κ2) is 5.05. The molecule has 0 fully saturated rings. The van der Waals surface area contributed by atoms with Gasteiger partial charge in [-0.3, -0.25) is 4.90 Å². The Balaban J connectivity index is 1.81. The maximum atomic E-state index is 13.2. The monoisotopic (exact) mass is 275 g/mol. The van der Waals surface area contributed by atoms with E-state index in [4.69, 9.17) is 5.11 Å². The molecule has 1 aliphatic heterocycles. The van der Waals surface area contributed by atoms with E-state index in [0.29, 0.717) is 18.7 Å². The van der Waals surface area contributed by atoms with Crippen LogP contribution < -0.4 is 0 Å². The zero-order valence-electron chi connectivity index (χ0n) is 10.8. The maximum absolute atomic E-state index is 13.2. The van der Waals surface area contributed by atoms with Crippen molar-refractivity contribution in [2.75, 3.05) is 6.54 Å². The summed E-state index contributed by atoms with van der Waals surface area (Å²) in [5.74, 6) is -0.659. The zero-order valence-corrected chi connectivity index (χ0v) is 10.8. The Hall–Kier alpha value is -2.21. The van der Waals surface area contributed by atoms with Crippen LogP contribution in [0.15, 0.2) is 30.6 Å². The quantitative estimate of drug-likeness (QED) is 0.927. The molecule has 0 amide bonds. The molecule has 2 heterocycles. The first kappa shape index (κ1) is 12.8. The van der Waals surface area contributed by atoms with Gasteiger partial charge in [-0.2, -0.15) is 0 Å². The molecule has 1 aromatic heterocycles. The number of carboxylic acids is 1. The summed E-state index contributed by atoms with van der Waals surface area (Å²) in [6, 6.07) is 3.91. The summed E-state index contributed by atoms with van der Waals surface area (Å²) in [5, 5.41) is 9.14. The van der Waals surface area contributed by atoms with Crippen LogP contribution in [0.1, 0.15) is 21.7 Å². The first-order chi connectivity index (χ1) is 9.63. The number of aromatic nitrogens is 2. The number of aromatic carboxylic acids is 1. The normalized spacial score (nSPS) is 15.1. The number of imidazole rings is 1. The number of carbonyl (C=O) groups is 1. The Labute approximate surface area is 115 Å². The van der Waals surface area contributed by atoms with Gasteiger partial charge in [-0.15, -0.1) is 0 Å². The molecule has 0 bridgehead atoms. The van der Waals surface area contributed by atoms with Crippen molar-refractivity contribution in [3.05, 3.63) is 53.4 Å². The molecule has 0 aliphatic carbocycles. The van der Waals surface area contributed by atoms with E-state index in [-0.39, 0.29) is 5.56 Å². The fraction of sp³-hybridized carbons (Fsp3) is 0.286. The minimum absolute atomic E-state index is 0.0268. The van der Waals surface area contributed by atoms with E-state index in [0.717, 1.165) is 25.0 Å². The van der Waals surface area contributed by atoms with Crippen LogP contribution in [0.25, 0.3) is 0 Å². The standard InChI is InChI=1S/C14H14FN3O2/c15-11-2-1-10(12(7-11)14(19)20)8-17-5-6-18-4-3-16-13(18)9-17/h1-4,7H,5-6,8-9H2,(H,19,20). The minimum Gasteiger partial charge on any atom is -0.478 e. The molecule has 1 aliphatic rings. The van der Waals surface area contributed by atoms with Gasteiger partial charge >= 0.3 is 5.97 Å². The van der Waals surface area contributed by atoms with Gasteiger partial charge in [0, 0.05) is 32.0 Å². The smallest absolute Gasteiger partial charge is 0.336 e. The summed E-state index contributed by atoms with van der Waals surface area (Å²) >= 11 is 0. The van der Waals surface area contributed by atoms with Gasteiger partial charge in [0.1, 0.15) is 11.6 Å². The van der Waals surface area contributed by atoms with E-state index in [2.05, 4.69) is 14.5 Å². The number of benzene rings is 1. The van der Waals surface area contributed by atoms with Crippen LogP contribution >= 0.6 is 0 Å². The lowest BCUT2D eigenvalue weighted by molar-refractivity contribution is 0.0693. The predicted molar refractivity (Wildman–Crippen MR) is 69.7 cm³/mol. The van der Waals surface area contributed by atoms with Crippen LogP contribution in [0.3, 0.4) is 0 Å². The van der Waals surface area contributed by atoms with Gasteiger partial charge in [-0.05, 0) is 17.7 Å². The Bertz CT molecular complexity index is 654. The van der Waals surface area contributed by atoms with Gasteiger partial charge in [0.25, 0.3) is 0 Å². The molecule has 1 N–H and O–H groups in total. The molecular formula is C14H14FN3O2. The molecule has 0 atom stereocenters.